The second-order valence-corrected chi connectivity index (χ2v) is 13.2. The summed E-state index contributed by atoms with van der Waals surface area (Å²) in [7, 11) is -8.18. The molecule has 0 fully saturated rings. The highest BCUT2D eigenvalue weighted by molar-refractivity contribution is 8.04. The minimum Gasteiger partial charge on any atom is -0.325 e. The van der Waals surface area contributed by atoms with E-state index in [0.29, 0.717) is 36.0 Å². The molecule has 4 rings (SSSR count). The number of halogens is 2. The maximum Gasteiger partial charge on any atom is 0.342 e. The second-order valence-electron chi connectivity index (χ2n) is 7.11. The van der Waals surface area contributed by atoms with Crippen LogP contribution in [-0.2, 0) is 30.8 Å². The second kappa shape index (κ2) is 9.26. The summed E-state index contributed by atoms with van der Waals surface area (Å²) in [6.07, 6.45) is 3.99. The van der Waals surface area contributed by atoms with Crippen LogP contribution in [-0.4, -0.2) is 45.1 Å². The molecule has 16 heteroatoms. The van der Waals surface area contributed by atoms with Gasteiger partial charge in [0.05, 0.1) is 27.0 Å². The van der Waals surface area contributed by atoms with Crippen LogP contribution >= 0.6 is 46.3 Å². The summed E-state index contributed by atoms with van der Waals surface area (Å²) < 4.78 is 59.7. The maximum atomic E-state index is 12.4. The number of amides is 1. The number of benzene rings is 1. The van der Waals surface area contributed by atoms with Gasteiger partial charge in [-0.1, -0.05) is 46.3 Å². The fourth-order valence-corrected chi connectivity index (χ4v) is 6.97. The monoisotopic (exact) mass is 581 g/mol. The van der Waals surface area contributed by atoms with Gasteiger partial charge in [-0.25, -0.2) is 8.42 Å². The Balaban J connectivity index is 1.83. The Morgan fingerprint density at radius 3 is 2.65 bits per heavy atom. The highest BCUT2D eigenvalue weighted by atomic mass is 35.5. The zero-order valence-corrected chi connectivity index (χ0v) is 21.9. The first-order chi connectivity index (χ1) is 15.8. The van der Waals surface area contributed by atoms with Crippen molar-refractivity contribution in [2.45, 2.75) is 10.8 Å². The van der Waals surface area contributed by atoms with E-state index in [1.807, 2.05) is 4.72 Å². The number of rotatable bonds is 6. The summed E-state index contributed by atoms with van der Waals surface area (Å²) in [6.45, 7) is -0.363. The Bertz CT molecular complexity index is 1570. The number of nitrogens with zero attached hydrogens (tertiary/aromatic N) is 3. The van der Waals surface area contributed by atoms with Crippen LogP contribution in [0, 0.1) is 0 Å². The molecule has 0 radical (unpaired) electrons. The van der Waals surface area contributed by atoms with Crippen LogP contribution in [0.2, 0.25) is 10.0 Å². The van der Waals surface area contributed by atoms with Crippen molar-refractivity contribution in [3.05, 3.63) is 50.5 Å². The van der Waals surface area contributed by atoms with Crippen molar-refractivity contribution < 1.29 is 30.7 Å². The van der Waals surface area contributed by atoms with Gasteiger partial charge in [-0.2, -0.15) is 13.0 Å². The van der Waals surface area contributed by atoms with E-state index in [1.165, 1.54) is 33.9 Å². The molecule has 1 amide bonds. The molecular formula is C18H15Cl2N4O6S4+. The number of hydrogen-bond donors (Lipinski definition) is 2. The van der Waals surface area contributed by atoms with Crippen molar-refractivity contribution in [3.63, 3.8) is 0 Å². The van der Waals surface area contributed by atoms with Crippen LogP contribution in [0.4, 0.5) is 5.69 Å². The van der Waals surface area contributed by atoms with Gasteiger partial charge in [0.1, 0.15) is 17.4 Å². The highest BCUT2D eigenvalue weighted by Gasteiger charge is 2.31. The van der Waals surface area contributed by atoms with E-state index in [-0.39, 0.29) is 11.6 Å². The van der Waals surface area contributed by atoms with Crippen LogP contribution in [0.1, 0.15) is 5.01 Å². The Morgan fingerprint density at radius 1 is 1.26 bits per heavy atom. The first-order valence-corrected chi connectivity index (χ1v) is 15.1. The van der Waals surface area contributed by atoms with Crippen molar-refractivity contribution in [2.75, 3.05) is 17.7 Å². The third-order valence-corrected chi connectivity index (χ3v) is 8.49. The SMILES string of the molecule is CS(=O)(=O)NC(=O)CN1C(=Cc2sc3cccnc3[n+]2CS(=O)(=O)O)Sc2cc(Cl)c(Cl)cc21. The molecule has 2 aromatic heterocycles. The lowest BCUT2D eigenvalue weighted by molar-refractivity contribution is -0.651. The lowest BCUT2D eigenvalue weighted by Crippen LogP contribution is -2.40. The van der Waals surface area contributed by atoms with Crippen molar-refractivity contribution in [1.82, 2.24) is 9.71 Å². The number of carbonyl (C=O) groups is 1. The quantitative estimate of drug-likeness (QED) is 0.332. The molecule has 0 saturated heterocycles. The molecule has 0 bridgehead atoms. The molecule has 3 heterocycles. The molecule has 1 aliphatic heterocycles. The van der Waals surface area contributed by atoms with E-state index in [4.69, 9.17) is 23.2 Å². The van der Waals surface area contributed by atoms with Crippen LogP contribution in [0.3, 0.4) is 0 Å². The molecule has 0 saturated carbocycles. The molecule has 180 valence electrons. The van der Waals surface area contributed by atoms with Crippen molar-refractivity contribution in [1.29, 1.82) is 0 Å². The summed E-state index contributed by atoms with van der Waals surface area (Å²) in [5.41, 5.74) is 0.875. The number of pyridine rings is 1. The minimum absolute atomic E-state index is 0.239. The number of sulfonamides is 1. The van der Waals surface area contributed by atoms with Gasteiger partial charge in [0.25, 0.3) is 5.91 Å². The van der Waals surface area contributed by atoms with Gasteiger partial charge in [0.15, 0.2) is 5.01 Å². The summed E-state index contributed by atoms with van der Waals surface area (Å²) in [5, 5.41) is 1.44. The third-order valence-electron chi connectivity index (χ3n) is 4.40. The van der Waals surface area contributed by atoms with E-state index in [0.717, 1.165) is 6.26 Å². The summed E-state index contributed by atoms with van der Waals surface area (Å²) in [4.78, 5) is 18.8. The van der Waals surface area contributed by atoms with Gasteiger partial charge in [-0.15, -0.1) is 0 Å². The molecule has 0 atom stereocenters. The first-order valence-electron chi connectivity index (χ1n) is 9.20. The molecule has 1 aromatic carbocycles. The van der Waals surface area contributed by atoms with E-state index in [2.05, 4.69) is 4.98 Å². The number of thiazole rings is 1. The van der Waals surface area contributed by atoms with E-state index in [9.17, 15) is 26.2 Å². The number of anilines is 1. The average Bonchev–Trinajstić information content (AvgIpc) is 3.18. The van der Waals surface area contributed by atoms with Gasteiger partial charge in [-0.05, 0) is 29.2 Å². The zero-order chi connectivity index (χ0) is 24.8. The Morgan fingerprint density at radius 2 is 1.97 bits per heavy atom. The predicted octanol–water partition coefficient (Wildman–Crippen LogP) is 2.72. The van der Waals surface area contributed by atoms with Gasteiger partial charge in [-0.3, -0.25) is 14.1 Å². The van der Waals surface area contributed by atoms with Gasteiger partial charge in [0, 0.05) is 11.0 Å². The number of carbonyl (C=O) groups excluding carboxylic acids is 1. The number of aromatic nitrogens is 2. The normalized spacial score (nSPS) is 15.2. The molecule has 2 N–H and O–H groups in total. The van der Waals surface area contributed by atoms with Crippen molar-refractivity contribution in [3.8, 4) is 0 Å². The number of thioether (sulfide) groups is 1. The molecular weight excluding hydrogens is 567 g/mol. The van der Waals surface area contributed by atoms with E-state index >= 15 is 0 Å². The molecule has 0 unspecified atom stereocenters. The molecule has 10 nitrogen and oxygen atoms in total. The Labute approximate surface area is 213 Å². The molecule has 34 heavy (non-hydrogen) atoms. The number of fused-ring (bicyclic) bond motifs is 2. The fraction of sp³-hybridized carbons (Fsp3) is 0.167. The lowest BCUT2D eigenvalue weighted by atomic mass is 10.3. The van der Waals surface area contributed by atoms with Crippen LogP contribution < -0.4 is 14.2 Å². The van der Waals surface area contributed by atoms with Gasteiger partial charge < -0.3 is 4.90 Å². The summed E-state index contributed by atoms with van der Waals surface area (Å²) in [5.74, 6) is -1.51. The highest BCUT2D eigenvalue weighted by Crippen LogP contribution is 2.49. The largest absolute Gasteiger partial charge is 0.342 e. The van der Waals surface area contributed by atoms with Crippen molar-refractivity contribution >= 4 is 94.5 Å². The molecule has 1 aliphatic rings. The van der Waals surface area contributed by atoms with Gasteiger partial charge in [0.2, 0.25) is 15.9 Å². The molecule has 0 spiro atoms. The lowest BCUT2D eigenvalue weighted by Gasteiger charge is -2.19. The average molecular weight is 583 g/mol. The van der Waals surface area contributed by atoms with E-state index in [1.54, 1.807) is 35.2 Å². The first kappa shape index (κ1) is 25.2. The smallest absolute Gasteiger partial charge is 0.325 e. The predicted molar refractivity (Wildman–Crippen MR) is 132 cm³/mol. The minimum atomic E-state index is -4.40. The standard InChI is InChI=1S/C18H14Cl2N4O6S4/c1-33(26,27)22-15(25)8-23-12-5-10(19)11(20)6-14(12)32-16(23)7-17-24(9-34(28,29)30)18-13(31-17)3-2-4-21-18/h2-7H,8-9H2,1H3,(H-,22,25,28,29,30)/p+1. The van der Waals surface area contributed by atoms with Crippen LogP contribution in [0.25, 0.3) is 16.4 Å². The maximum absolute atomic E-state index is 12.4. The third kappa shape index (κ3) is 5.64. The Hall–Kier alpha value is -1.94. The van der Waals surface area contributed by atoms with Gasteiger partial charge >= 0.3 is 15.8 Å². The number of nitrogens with one attached hydrogen (secondary N) is 1. The zero-order valence-electron chi connectivity index (χ0n) is 17.1. The number of hydrogen-bond acceptors (Lipinski definition) is 9. The summed E-state index contributed by atoms with van der Waals surface area (Å²) >= 11 is 14.8. The fourth-order valence-electron chi connectivity index (χ4n) is 3.19. The van der Waals surface area contributed by atoms with Crippen LogP contribution in [0.5, 0.6) is 0 Å². The molecule has 0 aliphatic carbocycles. The Kier molecular flexibility index (Phi) is 6.85. The van der Waals surface area contributed by atoms with Crippen LogP contribution in [0.15, 0.2) is 40.4 Å². The van der Waals surface area contributed by atoms with E-state index < -0.39 is 31.9 Å². The van der Waals surface area contributed by atoms with Crippen molar-refractivity contribution in [2.24, 2.45) is 0 Å². The topological polar surface area (TPSA) is 138 Å². The summed E-state index contributed by atoms with van der Waals surface area (Å²) in [6, 6.07) is 6.62. The molecule has 3 aromatic rings.